The van der Waals surface area contributed by atoms with Gasteiger partial charge < -0.3 is 25.2 Å². The fourth-order valence-electron chi connectivity index (χ4n) is 4.15. The van der Waals surface area contributed by atoms with Gasteiger partial charge in [0.1, 0.15) is 18.2 Å². The third kappa shape index (κ3) is 5.43. The Kier molecular flexibility index (Phi) is 6.53. The van der Waals surface area contributed by atoms with Crippen molar-refractivity contribution in [2.45, 2.75) is 31.0 Å². The minimum atomic E-state index is -1.02. The molecule has 0 heterocycles. The zero-order valence-electron chi connectivity index (χ0n) is 17.5. The normalized spacial score (nSPS) is 22.5. The molecule has 10 heteroatoms. The molecule has 0 aromatic heterocycles. The molecule has 2 aromatic carbocycles. The number of ether oxygens (including phenoxy) is 2. The first kappa shape index (κ1) is 23.0. The second-order valence-corrected chi connectivity index (χ2v) is 8.66. The van der Waals surface area contributed by atoms with Crippen LogP contribution < -0.4 is 15.4 Å². The van der Waals surface area contributed by atoms with Crippen molar-refractivity contribution in [3.05, 3.63) is 64.4 Å². The molecule has 2 aromatic rings. The summed E-state index contributed by atoms with van der Waals surface area (Å²) in [5, 5.41) is 14.8. The first-order chi connectivity index (χ1) is 15.8. The standard InChI is InChI=1S/C23H22ClFN2O6/c24-17-5-4-15(7-18(17)25)33-12-21(29)27-23-8-16(23)19(9-23)26-20(28)11-32-10-13-2-1-3-14(6-13)22(30)31/h1-7,16,19H,8-12H2,(H,26,28)(H,27,29)(H,30,31). The van der Waals surface area contributed by atoms with E-state index < -0.39 is 11.8 Å². The van der Waals surface area contributed by atoms with E-state index in [1.54, 1.807) is 12.1 Å². The quantitative estimate of drug-likeness (QED) is 0.485. The highest BCUT2D eigenvalue weighted by atomic mass is 35.5. The topological polar surface area (TPSA) is 114 Å². The van der Waals surface area contributed by atoms with Crippen molar-refractivity contribution in [3.8, 4) is 5.75 Å². The third-order valence-electron chi connectivity index (χ3n) is 5.88. The second-order valence-electron chi connectivity index (χ2n) is 8.26. The van der Waals surface area contributed by atoms with E-state index in [9.17, 15) is 18.8 Å². The molecule has 0 radical (unpaired) electrons. The average molecular weight is 477 g/mol. The van der Waals surface area contributed by atoms with Crippen molar-refractivity contribution in [1.29, 1.82) is 0 Å². The van der Waals surface area contributed by atoms with Gasteiger partial charge in [-0.2, -0.15) is 0 Å². The van der Waals surface area contributed by atoms with E-state index >= 15 is 0 Å². The molecule has 3 atom stereocenters. The lowest BCUT2D eigenvalue weighted by molar-refractivity contribution is -0.128. The van der Waals surface area contributed by atoms with Crippen LogP contribution in [0.15, 0.2) is 42.5 Å². The molecule has 2 aliphatic rings. The monoisotopic (exact) mass is 476 g/mol. The molecule has 3 unspecified atom stereocenters. The Hall–Kier alpha value is -3.17. The number of amides is 2. The van der Waals surface area contributed by atoms with Gasteiger partial charge in [-0.1, -0.05) is 23.7 Å². The Labute approximate surface area is 194 Å². The predicted molar refractivity (Wildman–Crippen MR) is 115 cm³/mol. The lowest BCUT2D eigenvalue weighted by Crippen LogP contribution is -2.56. The smallest absolute Gasteiger partial charge is 0.335 e. The van der Waals surface area contributed by atoms with Gasteiger partial charge in [-0.15, -0.1) is 0 Å². The van der Waals surface area contributed by atoms with Gasteiger partial charge in [0.2, 0.25) is 5.91 Å². The van der Waals surface area contributed by atoms with E-state index in [-0.39, 0.29) is 65.5 Å². The van der Waals surface area contributed by atoms with E-state index in [0.717, 1.165) is 12.5 Å². The Bertz CT molecular complexity index is 1100. The number of rotatable bonds is 10. The number of carboxylic acids is 1. The number of nitrogens with one attached hydrogen (secondary N) is 2. The molecule has 0 aliphatic heterocycles. The van der Waals surface area contributed by atoms with Crippen LogP contribution in [0.1, 0.15) is 28.8 Å². The number of benzene rings is 2. The highest BCUT2D eigenvalue weighted by Gasteiger charge is 2.68. The molecule has 2 amide bonds. The molecule has 2 fully saturated rings. The summed E-state index contributed by atoms with van der Waals surface area (Å²) in [7, 11) is 0. The summed E-state index contributed by atoms with van der Waals surface area (Å²) in [6, 6.07) is 10.3. The fraction of sp³-hybridized carbons (Fsp3) is 0.348. The summed E-state index contributed by atoms with van der Waals surface area (Å²) >= 11 is 5.62. The summed E-state index contributed by atoms with van der Waals surface area (Å²) in [5.74, 6) is -1.86. The van der Waals surface area contributed by atoms with Crippen molar-refractivity contribution in [2.75, 3.05) is 13.2 Å². The van der Waals surface area contributed by atoms with Crippen LogP contribution >= 0.6 is 11.6 Å². The van der Waals surface area contributed by atoms with Gasteiger partial charge in [-0.05, 0) is 42.7 Å². The Morgan fingerprint density at radius 1 is 1.12 bits per heavy atom. The van der Waals surface area contributed by atoms with E-state index in [0.29, 0.717) is 12.0 Å². The van der Waals surface area contributed by atoms with Gasteiger partial charge in [-0.25, -0.2) is 9.18 Å². The van der Waals surface area contributed by atoms with Crippen LogP contribution in [0.4, 0.5) is 4.39 Å². The molecule has 3 N–H and O–H groups in total. The molecule has 0 saturated heterocycles. The SMILES string of the molecule is O=C(COCc1cccc(C(=O)O)c1)NC1CC2(NC(=O)COc3ccc(Cl)c(F)c3)CC12. The molecule has 2 aliphatic carbocycles. The summed E-state index contributed by atoms with van der Waals surface area (Å²) < 4.78 is 24.1. The number of halogens is 2. The van der Waals surface area contributed by atoms with Gasteiger partial charge in [0.25, 0.3) is 5.91 Å². The first-order valence-electron chi connectivity index (χ1n) is 10.3. The maximum Gasteiger partial charge on any atom is 0.335 e. The first-order valence-corrected chi connectivity index (χ1v) is 10.7. The van der Waals surface area contributed by atoms with Gasteiger partial charge in [-0.3, -0.25) is 9.59 Å². The summed E-state index contributed by atoms with van der Waals surface area (Å²) in [6.07, 6.45) is 1.38. The van der Waals surface area contributed by atoms with Crippen LogP contribution in [0, 0.1) is 11.7 Å². The van der Waals surface area contributed by atoms with E-state index in [4.69, 9.17) is 26.2 Å². The molecule has 174 valence electrons. The van der Waals surface area contributed by atoms with Gasteiger partial charge in [0.15, 0.2) is 6.61 Å². The van der Waals surface area contributed by atoms with Crippen molar-refractivity contribution in [1.82, 2.24) is 10.6 Å². The van der Waals surface area contributed by atoms with Crippen LogP contribution in [-0.4, -0.2) is 47.7 Å². The Morgan fingerprint density at radius 3 is 2.67 bits per heavy atom. The zero-order valence-corrected chi connectivity index (χ0v) is 18.2. The van der Waals surface area contributed by atoms with Crippen LogP contribution in [0.5, 0.6) is 5.75 Å². The highest BCUT2D eigenvalue weighted by molar-refractivity contribution is 6.30. The molecule has 0 bridgehead atoms. The van der Waals surface area contributed by atoms with Crippen molar-refractivity contribution in [3.63, 3.8) is 0 Å². The van der Waals surface area contributed by atoms with Crippen LogP contribution in [-0.2, 0) is 20.9 Å². The van der Waals surface area contributed by atoms with E-state index in [2.05, 4.69) is 10.6 Å². The Morgan fingerprint density at radius 2 is 1.94 bits per heavy atom. The average Bonchev–Trinajstić information content (AvgIpc) is 3.36. The van der Waals surface area contributed by atoms with Gasteiger partial charge in [0.05, 0.1) is 17.2 Å². The van der Waals surface area contributed by atoms with Crippen LogP contribution in [0.3, 0.4) is 0 Å². The summed E-state index contributed by atoms with van der Waals surface area (Å²) in [6.45, 7) is -0.269. The van der Waals surface area contributed by atoms with Gasteiger partial charge >= 0.3 is 5.97 Å². The molecular weight excluding hydrogens is 455 g/mol. The van der Waals surface area contributed by atoms with Crippen molar-refractivity contribution in [2.24, 2.45) is 5.92 Å². The van der Waals surface area contributed by atoms with Crippen molar-refractivity contribution >= 4 is 29.4 Å². The largest absolute Gasteiger partial charge is 0.484 e. The molecule has 0 spiro atoms. The lowest BCUT2D eigenvalue weighted by atomic mass is 9.86. The molecule has 8 nitrogen and oxygen atoms in total. The van der Waals surface area contributed by atoms with E-state index in [1.165, 1.54) is 24.3 Å². The van der Waals surface area contributed by atoms with Crippen LogP contribution in [0.2, 0.25) is 5.02 Å². The second kappa shape index (κ2) is 9.36. The molecular formula is C23H22ClFN2O6. The predicted octanol–water partition coefficient (Wildman–Crippen LogP) is 2.54. The molecule has 2 saturated carbocycles. The van der Waals surface area contributed by atoms with E-state index in [1.807, 2.05) is 0 Å². The number of carbonyl (C=O) groups is 3. The number of fused-ring (bicyclic) bond motifs is 1. The fourth-order valence-corrected chi connectivity index (χ4v) is 4.27. The number of hydrogen-bond acceptors (Lipinski definition) is 5. The lowest BCUT2D eigenvalue weighted by Gasteiger charge is -2.35. The maximum absolute atomic E-state index is 13.4. The number of hydrogen-bond donors (Lipinski definition) is 3. The third-order valence-corrected chi connectivity index (χ3v) is 6.18. The highest BCUT2D eigenvalue weighted by Crippen LogP contribution is 2.59. The maximum atomic E-state index is 13.4. The zero-order chi connectivity index (χ0) is 23.6. The summed E-state index contributed by atoms with van der Waals surface area (Å²) in [4.78, 5) is 35.3. The number of carboxylic acid groups (broad SMARTS) is 1. The number of aromatic carboxylic acids is 1. The Balaban J connectivity index is 1.14. The summed E-state index contributed by atoms with van der Waals surface area (Å²) in [5.41, 5.74) is 0.508. The van der Waals surface area contributed by atoms with Crippen LogP contribution in [0.25, 0.3) is 0 Å². The number of carbonyl (C=O) groups excluding carboxylic acids is 2. The molecule has 33 heavy (non-hydrogen) atoms. The van der Waals surface area contributed by atoms with Crippen molar-refractivity contribution < 1.29 is 33.4 Å². The van der Waals surface area contributed by atoms with Gasteiger partial charge in [0, 0.05) is 23.6 Å². The minimum Gasteiger partial charge on any atom is -0.484 e. The minimum absolute atomic E-state index is 0.0214. The molecule has 4 rings (SSSR count).